The molecule has 90 valence electrons. The lowest BCUT2D eigenvalue weighted by Gasteiger charge is -2.06. The van der Waals surface area contributed by atoms with Gasteiger partial charge in [-0.05, 0) is 23.3 Å². The number of nitriles is 1. The number of benzene rings is 1. The number of pyridine rings is 1. The van der Waals surface area contributed by atoms with Gasteiger partial charge in [0.15, 0.2) is 0 Å². The Morgan fingerprint density at radius 3 is 2.39 bits per heavy atom. The van der Waals surface area contributed by atoms with Crippen molar-refractivity contribution in [1.82, 2.24) is 4.98 Å². The summed E-state index contributed by atoms with van der Waals surface area (Å²) >= 11 is 0. The van der Waals surface area contributed by atoms with Gasteiger partial charge >= 0.3 is 0 Å². The van der Waals surface area contributed by atoms with E-state index in [1.54, 1.807) is 12.1 Å². The van der Waals surface area contributed by atoms with Crippen LogP contribution in [0.15, 0.2) is 42.6 Å². The summed E-state index contributed by atoms with van der Waals surface area (Å²) in [7, 11) is 0. The van der Waals surface area contributed by atoms with E-state index in [9.17, 15) is 0 Å². The van der Waals surface area contributed by atoms with Crippen molar-refractivity contribution in [1.29, 1.82) is 5.26 Å². The molecular weight excluding hydrogens is 226 g/mol. The molecule has 0 bridgehead atoms. The van der Waals surface area contributed by atoms with E-state index in [4.69, 9.17) is 10.4 Å². The Morgan fingerprint density at radius 2 is 1.83 bits per heavy atom. The topological polar surface area (TPSA) is 68.9 Å². The van der Waals surface area contributed by atoms with Crippen LogP contribution in [0.2, 0.25) is 0 Å². The van der Waals surface area contributed by atoms with Crippen LogP contribution in [0.4, 0.5) is 5.82 Å². The van der Waals surface area contributed by atoms with Crippen LogP contribution in [0.3, 0.4) is 0 Å². The molecule has 18 heavy (non-hydrogen) atoms. The Bertz CT molecular complexity index is 541. The van der Waals surface area contributed by atoms with Gasteiger partial charge in [0.25, 0.3) is 0 Å². The van der Waals surface area contributed by atoms with E-state index in [1.165, 1.54) is 6.20 Å². The average molecular weight is 239 g/mol. The molecule has 2 aromatic rings. The Kier molecular flexibility index (Phi) is 3.90. The van der Waals surface area contributed by atoms with Crippen LogP contribution in [-0.4, -0.2) is 10.1 Å². The number of hydrogen-bond donors (Lipinski definition) is 2. The van der Waals surface area contributed by atoms with Gasteiger partial charge in [-0.1, -0.05) is 24.3 Å². The van der Waals surface area contributed by atoms with Crippen LogP contribution in [0.1, 0.15) is 16.7 Å². The third kappa shape index (κ3) is 3.06. The largest absolute Gasteiger partial charge is 0.392 e. The average Bonchev–Trinajstić information content (AvgIpc) is 2.46. The van der Waals surface area contributed by atoms with Crippen molar-refractivity contribution < 1.29 is 5.11 Å². The number of aliphatic hydroxyl groups is 1. The number of anilines is 1. The monoisotopic (exact) mass is 239 g/mol. The van der Waals surface area contributed by atoms with E-state index in [0.29, 0.717) is 12.1 Å². The fourth-order valence-corrected chi connectivity index (χ4v) is 1.52. The maximum atomic E-state index is 8.93. The molecule has 0 aliphatic carbocycles. The number of nitrogens with zero attached hydrogens (tertiary/aromatic N) is 2. The summed E-state index contributed by atoms with van der Waals surface area (Å²) in [5.74, 6) is 0.736. The maximum absolute atomic E-state index is 8.93. The van der Waals surface area contributed by atoms with Crippen LogP contribution < -0.4 is 5.32 Å². The van der Waals surface area contributed by atoms with Gasteiger partial charge in [0, 0.05) is 12.7 Å². The molecule has 0 spiro atoms. The molecule has 0 unspecified atom stereocenters. The lowest BCUT2D eigenvalue weighted by molar-refractivity contribution is 0.282. The molecule has 1 aromatic carbocycles. The predicted molar refractivity (Wildman–Crippen MR) is 68.6 cm³/mol. The van der Waals surface area contributed by atoms with Crippen LogP contribution in [0, 0.1) is 11.3 Å². The van der Waals surface area contributed by atoms with E-state index in [-0.39, 0.29) is 6.61 Å². The lowest BCUT2D eigenvalue weighted by atomic mass is 10.1. The Morgan fingerprint density at radius 1 is 1.11 bits per heavy atom. The predicted octanol–water partition coefficient (Wildman–Crippen LogP) is 2.06. The molecule has 0 aliphatic heterocycles. The first-order valence-electron chi connectivity index (χ1n) is 5.60. The van der Waals surface area contributed by atoms with Gasteiger partial charge in [-0.25, -0.2) is 4.98 Å². The second-order valence-corrected chi connectivity index (χ2v) is 3.87. The van der Waals surface area contributed by atoms with E-state index in [0.717, 1.165) is 16.9 Å². The molecule has 1 heterocycles. The van der Waals surface area contributed by atoms with Crippen molar-refractivity contribution in [3.63, 3.8) is 0 Å². The number of nitrogens with one attached hydrogen (secondary N) is 1. The van der Waals surface area contributed by atoms with Crippen molar-refractivity contribution in [2.24, 2.45) is 0 Å². The van der Waals surface area contributed by atoms with Gasteiger partial charge in [-0.3, -0.25) is 0 Å². The third-order valence-corrected chi connectivity index (χ3v) is 2.57. The van der Waals surface area contributed by atoms with Crippen LogP contribution in [0.25, 0.3) is 0 Å². The molecule has 0 saturated heterocycles. The highest BCUT2D eigenvalue weighted by molar-refractivity contribution is 5.39. The van der Waals surface area contributed by atoms with Gasteiger partial charge in [0.2, 0.25) is 0 Å². The normalized spacial score (nSPS) is 9.78. The second kappa shape index (κ2) is 5.80. The SMILES string of the molecule is N#Cc1ccc(NCc2ccc(CO)cc2)nc1. The van der Waals surface area contributed by atoms with Gasteiger partial charge in [0.1, 0.15) is 11.9 Å². The van der Waals surface area contributed by atoms with Gasteiger partial charge < -0.3 is 10.4 Å². The van der Waals surface area contributed by atoms with Gasteiger partial charge in [-0.2, -0.15) is 5.26 Å². The summed E-state index contributed by atoms with van der Waals surface area (Å²) in [5, 5.41) is 20.8. The number of aromatic nitrogens is 1. The molecule has 2 rings (SSSR count). The fraction of sp³-hybridized carbons (Fsp3) is 0.143. The van der Waals surface area contributed by atoms with Crippen LogP contribution in [0.5, 0.6) is 0 Å². The van der Waals surface area contributed by atoms with Crippen molar-refractivity contribution in [3.8, 4) is 6.07 Å². The summed E-state index contributed by atoms with van der Waals surface area (Å²) in [6.45, 7) is 0.718. The molecule has 0 amide bonds. The second-order valence-electron chi connectivity index (χ2n) is 3.87. The minimum absolute atomic E-state index is 0.0604. The highest BCUT2D eigenvalue weighted by Crippen LogP contribution is 2.08. The van der Waals surface area contributed by atoms with E-state index in [2.05, 4.69) is 10.3 Å². The number of aliphatic hydroxyl groups excluding tert-OH is 1. The summed E-state index contributed by atoms with van der Waals surface area (Å²) in [6.07, 6.45) is 1.54. The lowest BCUT2D eigenvalue weighted by Crippen LogP contribution is -2.01. The molecule has 0 atom stereocenters. The molecule has 0 fully saturated rings. The first kappa shape index (κ1) is 12.1. The van der Waals surface area contributed by atoms with E-state index < -0.39 is 0 Å². The Balaban J connectivity index is 1.95. The van der Waals surface area contributed by atoms with Crippen molar-refractivity contribution in [2.75, 3.05) is 5.32 Å². The van der Waals surface area contributed by atoms with Crippen molar-refractivity contribution >= 4 is 5.82 Å². The standard InChI is InChI=1S/C14H13N3O/c15-7-13-5-6-14(17-9-13)16-8-11-1-3-12(10-18)4-2-11/h1-6,9,18H,8,10H2,(H,16,17). The van der Waals surface area contributed by atoms with Crippen molar-refractivity contribution in [2.45, 2.75) is 13.2 Å². The molecule has 0 radical (unpaired) electrons. The first-order valence-corrected chi connectivity index (χ1v) is 5.60. The molecule has 0 saturated carbocycles. The van der Waals surface area contributed by atoms with E-state index >= 15 is 0 Å². The van der Waals surface area contributed by atoms with Crippen molar-refractivity contribution in [3.05, 3.63) is 59.3 Å². The highest BCUT2D eigenvalue weighted by Gasteiger charge is 1.97. The zero-order valence-corrected chi connectivity index (χ0v) is 9.80. The molecule has 1 aromatic heterocycles. The smallest absolute Gasteiger partial charge is 0.126 e. The zero-order valence-electron chi connectivity index (χ0n) is 9.80. The number of rotatable bonds is 4. The summed E-state index contributed by atoms with van der Waals surface area (Å²) in [6, 6.07) is 13.2. The minimum Gasteiger partial charge on any atom is -0.392 e. The maximum Gasteiger partial charge on any atom is 0.126 e. The van der Waals surface area contributed by atoms with Gasteiger partial charge in [0.05, 0.1) is 12.2 Å². The number of hydrogen-bond acceptors (Lipinski definition) is 4. The highest BCUT2D eigenvalue weighted by atomic mass is 16.3. The molecule has 0 aliphatic rings. The van der Waals surface area contributed by atoms with Gasteiger partial charge in [-0.15, -0.1) is 0 Å². The quantitative estimate of drug-likeness (QED) is 0.856. The molecular formula is C14H13N3O. The summed E-state index contributed by atoms with van der Waals surface area (Å²) < 4.78 is 0. The Labute approximate surface area is 106 Å². The zero-order chi connectivity index (χ0) is 12.8. The third-order valence-electron chi connectivity index (χ3n) is 2.57. The van der Waals surface area contributed by atoms with E-state index in [1.807, 2.05) is 30.3 Å². The first-order chi connectivity index (χ1) is 8.81. The summed E-state index contributed by atoms with van der Waals surface area (Å²) in [4.78, 5) is 4.12. The molecule has 2 N–H and O–H groups in total. The Hall–Kier alpha value is -2.38. The summed E-state index contributed by atoms with van der Waals surface area (Å²) in [5.41, 5.74) is 2.56. The van der Waals surface area contributed by atoms with Crippen LogP contribution >= 0.6 is 0 Å². The molecule has 4 nitrogen and oxygen atoms in total. The minimum atomic E-state index is 0.0604. The fourth-order valence-electron chi connectivity index (χ4n) is 1.52. The van der Waals surface area contributed by atoms with Crippen LogP contribution in [-0.2, 0) is 13.2 Å². The molecule has 4 heteroatoms.